The van der Waals surface area contributed by atoms with Gasteiger partial charge in [-0.1, -0.05) is 0 Å². The molecule has 0 saturated carbocycles. The lowest BCUT2D eigenvalue weighted by Crippen LogP contribution is -2.55. The van der Waals surface area contributed by atoms with Crippen molar-refractivity contribution in [1.82, 2.24) is 4.98 Å². The highest BCUT2D eigenvalue weighted by atomic mass is 28.4. The van der Waals surface area contributed by atoms with Gasteiger partial charge in [0.25, 0.3) is 0 Å². The molecule has 0 unspecified atom stereocenters. The van der Waals surface area contributed by atoms with E-state index in [2.05, 4.69) is 10.3 Å². The zero-order valence-electron chi connectivity index (χ0n) is 9.40. The first kappa shape index (κ1) is 12.1. The summed E-state index contributed by atoms with van der Waals surface area (Å²) in [6.45, 7) is 0. The number of rotatable bonds is 5. The van der Waals surface area contributed by atoms with E-state index in [1.165, 1.54) is 0 Å². The Morgan fingerprint density at radius 3 is 2.27 bits per heavy atom. The highest BCUT2D eigenvalue weighted by Gasteiger charge is 2.43. The normalized spacial score (nSPS) is 11.5. The van der Waals surface area contributed by atoms with E-state index in [4.69, 9.17) is 13.3 Å². The SMILES string of the molecule is CNc1ccncc1[Si](OC)(OC)OC. The Balaban J connectivity index is 3.21. The van der Waals surface area contributed by atoms with Gasteiger partial charge in [-0.25, -0.2) is 0 Å². The van der Waals surface area contributed by atoms with Crippen LogP contribution in [0.3, 0.4) is 0 Å². The zero-order valence-corrected chi connectivity index (χ0v) is 10.4. The number of aromatic nitrogens is 1. The van der Waals surface area contributed by atoms with E-state index in [0.29, 0.717) is 0 Å². The molecule has 1 N–H and O–H groups in total. The van der Waals surface area contributed by atoms with Gasteiger partial charge >= 0.3 is 8.80 Å². The third-order valence-electron chi connectivity index (χ3n) is 2.23. The molecule has 0 aliphatic heterocycles. The van der Waals surface area contributed by atoms with Crippen LogP contribution < -0.4 is 10.5 Å². The molecule has 0 radical (unpaired) electrons. The Bertz CT molecular complexity index is 310. The minimum absolute atomic E-state index is 0.833. The third-order valence-corrected chi connectivity index (χ3v) is 4.90. The average Bonchev–Trinajstić information content (AvgIpc) is 2.33. The van der Waals surface area contributed by atoms with E-state index >= 15 is 0 Å². The summed E-state index contributed by atoms with van der Waals surface area (Å²) in [5.41, 5.74) is 0.905. The molecule has 1 rings (SSSR count). The van der Waals surface area contributed by atoms with Crippen LogP contribution in [0.5, 0.6) is 0 Å². The number of hydrogen-bond donors (Lipinski definition) is 1. The lowest BCUT2D eigenvalue weighted by Gasteiger charge is -2.25. The molecule has 0 atom stereocenters. The van der Waals surface area contributed by atoms with E-state index < -0.39 is 8.80 Å². The van der Waals surface area contributed by atoms with Crippen molar-refractivity contribution in [2.75, 3.05) is 33.7 Å². The van der Waals surface area contributed by atoms with Gasteiger partial charge in [0.05, 0.1) is 5.19 Å². The summed E-state index contributed by atoms with van der Waals surface area (Å²) in [7, 11) is 3.77. The number of nitrogens with zero attached hydrogens (tertiary/aromatic N) is 1. The van der Waals surface area contributed by atoms with Gasteiger partial charge < -0.3 is 18.6 Å². The number of pyridine rings is 1. The predicted molar refractivity (Wildman–Crippen MR) is 60.2 cm³/mol. The molecule has 0 bridgehead atoms. The molecule has 6 heteroatoms. The maximum Gasteiger partial charge on any atom is 0.540 e. The Morgan fingerprint density at radius 1 is 1.20 bits per heavy atom. The van der Waals surface area contributed by atoms with Crippen LogP contribution >= 0.6 is 0 Å². The van der Waals surface area contributed by atoms with E-state index in [0.717, 1.165) is 10.9 Å². The summed E-state index contributed by atoms with van der Waals surface area (Å²) in [4.78, 5) is 4.06. The molecule has 0 aliphatic carbocycles. The summed E-state index contributed by atoms with van der Waals surface area (Å²) in [5.74, 6) is 0. The molecule has 0 amide bonds. The summed E-state index contributed by atoms with van der Waals surface area (Å²) in [6.07, 6.45) is 3.41. The molecular formula is C9H16N2O3Si. The van der Waals surface area contributed by atoms with Crippen molar-refractivity contribution in [3.63, 3.8) is 0 Å². The van der Waals surface area contributed by atoms with Crippen LogP contribution in [-0.4, -0.2) is 42.2 Å². The fraction of sp³-hybridized carbons (Fsp3) is 0.444. The van der Waals surface area contributed by atoms with Crippen molar-refractivity contribution in [3.8, 4) is 0 Å². The number of nitrogens with one attached hydrogen (secondary N) is 1. The molecule has 15 heavy (non-hydrogen) atoms. The molecular weight excluding hydrogens is 212 g/mol. The van der Waals surface area contributed by atoms with Crippen molar-refractivity contribution < 1.29 is 13.3 Å². The minimum atomic E-state index is -2.78. The van der Waals surface area contributed by atoms with Crippen LogP contribution in [0.2, 0.25) is 0 Å². The Kier molecular flexibility index (Phi) is 4.22. The van der Waals surface area contributed by atoms with E-state index in [1.54, 1.807) is 33.7 Å². The van der Waals surface area contributed by atoms with E-state index in [-0.39, 0.29) is 0 Å². The van der Waals surface area contributed by atoms with Crippen LogP contribution in [0.25, 0.3) is 0 Å². The first-order valence-electron chi connectivity index (χ1n) is 4.51. The minimum Gasteiger partial charge on any atom is -0.388 e. The van der Waals surface area contributed by atoms with Crippen LogP contribution in [0.15, 0.2) is 18.5 Å². The van der Waals surface area contributed by atoms with Gasteiger partial charge in [-0.2, -0.15) is 0 Å². The van der Waals surface area contributed by atoms with Gasteiger partial charge in [-0.3, -0.25) is 4.98 Å². The van der Waals surface area contributed by atoms with Gasteiger partial charge in [0.15, 0.2) is 0 Å². The topological polar surface area (TPSA) is 52.6 Å². The van der Waals surface area contributed by atoms with Gasteiger partial charge in [0.2, 0.25) is 0 Å². The summed E-state index contributed by atoms with van der Waals surface area (Å²) in [5, 5.41) is 3.89. The summed E-state index contributed by atoms with van der Waals surface area (Å²) >= 11 is 0. The maximum atomic E-state index is 5.38. The zero-order chi connectivity index (χ0) is 11.3. The van der Waals surface area contributed by atoms with Gasteiger partial charge in [-0.05, 0) is 6.07 Å². The van der Waals surface area contributed by atoms with E-state index in [1.807, 2.05) is 13.1 Å². The molecule has 0 aliphatic rings. The van der Waals surface area contributed by atoms with Gasteiger partial charge in [0, 0.05) is 46.5 Å². The Hall–Kier alpha value is -0.953. The van der Waals surface area contributed by atoms with Crippen molar-refractivity contribution in [2.24, 2.45) is 0 Å². The lowest BCUT2D eigenvalue weighted by molar-refractivity contribution is 0.140. The lowest BCUT2D eigenvalue weighted by atomic mass is 10.4. The average molecular weight is 228 g/mol. The number of hydrogen-bond acceptors (Lipinski definition) is 5. The first-order chi connectivity index (χ1) is 7.24. The first-order valence-corrected chi connectivity index (χ1v) is 6.24. The molecule has 1 heterocycles. The fourth-order valence-electron chi connectivity index (χ4n) is 1.44. The summed E-state index contributed by atoms with van der Waals surface area (Å²) < 4.78 is 16.1. The van der Waals surface area contributed by atoms with Crippen LogP contribution in [0, 0.1) is 0 Å². The van der Waals surface area contributed by atoms with Crippen LogP contribution in [0.1, 0.15) is 0 Å². The second-order valence-electron chi connectivity index (χ2n) is 2.84. The van der Waals surface area contributed by atoms with Gasteiger partial charge in [0.1, 0.15) is 0 Å². The monoisotopic (exact) mass is 228 g/mol. The van der Waals surface area contributed by atoms with E-state index in [9.17, 15) is 0 Å². The second kappa shape index (κ2) is 5.22. The van der Waals surface area contributed by atoms with Crippen molar-refractivity contribution in [3.05, 3.63) is 18.5 Å². The third kappa shape index (κ3) is 2.18. The number of anilines is 1. The highest BCUT2D eigenvalue weighted by Crippen LogP contribution is 2.12. The van der Waals surface area contributed by atoms with Crippen molar-refractivity contribution in [2.45, 2.75) is 0 Å². The van der Waals surface area contributed by atoms with Crippen LogP contribution in [-0.2, 0) is 13.3 Å². The molecule has 84 valence electrons. The quantitative estimate of drug-likeness (QED) is 0.730. The summed E-state index contributed by atoms with van der Waals surface area (Å²) in [6, 6.07) is 1.86. The molecule has 1 aromatic rings. The maximum absolute atomic E-state index is 5.38. The Labute approximate surface area is 90.8 Å². The highest BCUT2D eigenvalue weighted by molar-refractivity contribution is 6.76. The standard InChI is InChI=1S/C9H16N2O3Si/c1-10-8-5-6-11-7-9(8)15(12-2,13-3)14-4/h5-7H,1-4H3,(H,10,11). The second-order valence-corrected chi connectivity index (χ2v) is 5.72. The predicted octanol–water partition coefficient (Wildman–Crippen LogP) is 0.208. The van der Waals surface area contributed by atoms with Gasteiger partial charge in [-0.15, -0.1) is 0 Å². The fourth-order valence-corrected chi connectivity index (χ4v) is 3.37. The molecule has 0 saturated heterocycles. The largest absolute Gasteiger partial charge is 0.540 e. The van der Waals surface area contributed by atoms with Crippen LogP contribution in [0.4, 0.5) is 5.69 Å². The van der Waals surface area contributed by atoms with Crippen molar-refractivity contribution >= 4 is 19.7 Å². The molecule has 0 spiro atoms. The molecule has 1 aromatic heterocycles. The molecule has 5 nitrogen and oxygen atoms in total. The molecule has 0 fully saturated rings. The van der Waals surface area contributed by atoms with Crippen molar-refractivity contribution in [1.29, 1.82) is 0 Å². The Morgan fingerprint density at radius 2 is 1.80 bits per heavy atom. The molecule has 0 aromatic carbocycles. The smallest absolute Gasteiger partial charge is 0.388 e.